The molecule has 0 aromatic heterocycles. The molecule has 0 saturated heterocycles. The van der Waals surface area contributed by atoms with E-state index < -0.39 is 12.1 Å². The maximum absolute atomic E-state index is 12.6. The van der Waals surface area contributed by atoms with Crippen molar-refractivity contribution in [2.24, 2.45) is 0 Å². The standard InChI is InChI=1S/C20H19NO5/c1-2-5-19(24)21-12-8-9-16(22)15(10-12)17(23)11-18-13-6-3-4-7-14(13)20(25)26-18/h3-4,6-10,18,22H,2,5,11H2,1H3,(H,21,24). The Bertz CT molecular complexity index is 874. The van der Waals surface area contributed by atoms with Crippen LogP contribution in [0.15, 0.2) is 42.5 Å². The summed E-state index contributed by atoms with van der Waals surface area (Å²) < 4.78 is 5.28. The Morgan fingerprint density at radius 1 is 1.19 bits per heavy atom. The van der Waals surface area contributed by atoms with Gasteiger partial charge in [0.25, 0.3) is 0 Å². The number of rotatable bonds is 6. The maximum atomic E-state index is 12.6. The van der Waals surface area contributed by atoms with E-state index in [9.17, 15) is 19.5 Å². The van der Waals surface area contributed by atoms with Crippen LogP contribution in [0.2, 0.25) is 0 Å². The van der Waals surface area contributed by atoms with Crippen LogP contribution in [0.5, 0.6) is 5.75 Å². The van der Waals surface area contributed by atoms with Crippen LogP contribution in [-0.2, 0) is 9.53 Å². The average Bonchev–Trinajstić information content (AvgIpc) is 2.93. The fourth-order valence-corrected chi connectivity index (χ4v) is 2.94. The maximum Gasteiger partial charge on any atom is 0.339 e. The molecule has 0 bridgehead atoms. The van der Waals surface area contributed by atoms with Crippen molar-refractivity contribution in [3.8, 4) is 5.75 Å². The molecule has 134 valence electrons. The van der Waals surface area contributed by atoms with Gasteiger partial charge in [-0.3, -0.25) is 9.59 Å². The van der Waals surface area contributed by atoms with Crippen LogP contribution in [-0.4, -0.2) is 22.8 Å². The number of amides is 1. The van der Waals surface area contributed by atoms with Gasteiger partial charge in [-0.25, -0.2) is 4.79 Å². The van der Waals surface area contributed by atoms with Crippen LogP contribution >= 0.6 is 0 Å². The summed E-state index contributed by atoms with van der Waals surface area (Å²) in [5.41, 5.74) is 1.64. The molecule has 26 heavy (non-hydrogen) atoms. The van der Waals surface area contributed by atoms with Gasteiger partial charge in [-0.15, -0.1) is 0 Å². The van der Waals surface area contributed by atoms with E-state index in [0.717, 1.165) is 0 Å². The first-order valence-electron chi connectivity index (χ1n) is 8.45. The third-order valence-electron chi connectivity index (χ3n) is 4.21. The van der Waals surface area contributed by atoms with Gasteiger partial charge in [0.2, 0.25) is 5.91 Å². The van der Waals surface area contributed by atoms with Crippen molar-refractivity contribution in [2.75, 3.05) is 5.32 Å². The second kappa shape index (κ2) is 7.39. The van der Waals surface area contributed by atoms with Crippen LogP contribution in [0.3, 0.4) is 0 Å². The smallest absolute Gasteiger partial charge is 0.339 e. The highest BCUT2D eigenvalue weighted by Crippen LogP contribution is 2.35. The van der Waals surface area contributed by atoms with Gasteiger partial charge < -0.3 is 15.2 Å². The zero-order valence-electron chi connectivity index (χ0n) is 14.3. The number of nitrogens with one attached hydrogen (secondary N) is 1. The topological polar surface area (TPSA) is 92.7 Å². The summed E-state index contributed by atoms with van der Waals surface area (Å²) in [5, 5.41) is 12.7. The van der Waals surface area contributed by atoms with Crippen molar-refractivity contribution in [1.29, 1.82) is 0 Å². The molecule has 1 aliphatic heterocycles. The van der Waals surface area contributed by atoms with E-state index in [-0.39, 0.29) is 29.4 Å². The monoisotopic (exact) mass is 353 g/mol. The first kappa shape index (κ1) is 17.7. The third kappa shape index (κ3) is 3.59. The number of phenolic OH excluding ortho intramolecular Hbond substituents is 1. The molecule has 0 radical (unpaired) electrons. The Kier molecular flexibility index (Phi) is 5.02. The van der Waals surface area contributed by atoms with Gasteiger partial charge in [0.05, 0.1) is 17.5 Å². The van der Waals surface area contributed by atoms with Crippen LogP contribution < -0.4 is 5.32 Å². The van der Waals surface area contributed by atoms with Crippen molar-refractivity contribution in [3.05, 3.63) is 59.2 Å². The summed E-state index contributed by atoms with van der Waals surface area (Å²) in [4.78, 5) is 36.2. The molecule has 1 atom stereocenters. The van der Waals surface area contributed by atoms with Crippen molar-refractivity contribution in [2.45, 2.75) is 32.3 Å². The lowest BCUT2D eigenvalue weighted by atomic mass is 9.98. The zero-order chi connectivity index (χ0) is 18.7. The Labute approximate surface area is 150 Å². The van der Waals surface area contributed by atoms with Crippen LogP contribution in [0, 0.1) is 0 Å². The van der Waals surface area contributed by atoms with Gasteiger partial charge in [0.15, 0.2) is 5.78 Å². The summed E-state index contributed by atoms with van der Waals surface area (Å²) >= 11 is 0. The van der Waals surface area contributed by atoms with E-state index in [1.54, 1.807) is 24.3 Å². The van der Waals surface area contributed by atoms with E-state index in [1.165, 1.54) is 18.2 Å². The second-order valence-corrected chi connectivity index (χ2v) is 6.14. The number of ether oxygens (including phenoxy) is 1. The highest BCUT2D eigenvalue weighted by Gasteiger charge is 2.32. The Hall–Kier alpha value is -3.15. The first-order valence-corrected chi connectivity index (χ1v) is 8.45. The van der Waals surface area contributed by atoms with Gasteiger partial charge in [0, 0.05) is 17.7 Å². The number of esters is 1. The van der Waals surface area contributed by atoms with Crippen molar-refractivity contribution >= 4 is 23.3 Å². The summed E-state index contributed by atoms with van der Waals surface area (Å²) in [5.74, 6) is -1.16. The number of Topliss-reactive ketones (excluding diaryl/α,β-unsaturated/α-hetero) is 1. The number of cyclic esters (lactones) is 1. The Balaban J connectivity index is 1.78. The molecule has 0 spiro atoms. The molecule has 1 unspecified atom stereocenters. The number of aromatic hydroxyl groups is 1. The largest absolute Gasteiger partial charge is 0.507 e. The summed E-state index contributed by atoms with van der Waals surface area (Å²) in [6, 6.07) is 11.3. The van der Waals surface area contributed by atoms with E-state index in [4.69, 9.17) is 4.74 Å². The van der Waals surface area contributed by atoms with Gasteiger partial charge in [0.1, 0.15) is 11.9 Å². The molecule has 0 fully saturated rings. The van der Waals surface area contributed by atoms with Gasteiger partial charge in [-0.2, -0.15) is 0 Å². The number of fused-ring (bicyclic) bond motifs is 1. The zero-order valence-corrected chi connectivity index (χ0v) is 14.3. The summed E-state index contributed by atoms with van der Waals surface area (Å²) in [6.45, 7) is 1.89. The molecule has 6 heteroatoms. The molecular formula is C20H19NO5. The molecular weight excluding hydrogens is 334 g/mol. The van der Waals surface area contributed by atoms with Crippen molar-refractivity contribution < 1.29 is 24.2 Å². The van der Waals surface area contributed by atoms with E-state index in [0.29, 0.717) is 29.7 Å². The molecule has 2 aromatic carbocycles. The number of phenols is 1. The lowest BCUT2D eigenvalue weighted by Crippen LogP contribution is -2.12. The van der Waals surface area contributed by atoms with Crippen LogP contribution in [0.25, 0.3) is 0 Å². The number of carbonyl (C=O) groups is 3. The third-order valence-corrected chi connectivity index (χ3v) is 4.21. The van der Waals surface area contributed by atoms with Crippen LogP contribution in [0.1, 0.15) is 58.6 Å². The molecule has 1 amide bonds. The number of hydrogen-bond donors (Lipinski definition) is 2. The fraction of sp³-hybridized carbons (Fsp3) is 0.250. The minimum Gasteiger partial charge on any atom is -0.507 e. The van der Waals surface area contributed by atoms with E-state index in [2.05, 4.69) is 5.32 Å². The predicted octanol–water partition coefficient (Wildman–Crippen LogP) is 3.62. The highest BCUT2D eigenvalue weighted by molar-refractivity contribution is 6.02. The number of hydrogen-bond acceptors (Lipinski definition) is 5. The lowest BCUT2D eigenvalue weighted by molar-refractivity contribution is -0.116. The molecule has 2 aromatic rings. The van der Waals surface area contributed by atoms with Gasteiger partial charge in [-0.1, -0.05) is 25.1 Å². The minimum atomic E-state index is -0.677. The highest BCUT2D eigenvalue weighted by atomic mass is 16.5. The molecule has 0 saturated carbocycles. The number of anilines is 1. The summed E-state index contributed by atoms with van der Waals surface area (Å²) in [6.07, 6.45) is 0.327. The van der Waals surface area contributed by atoms with Crippen LogP contribution in [0.4, 0.5) is 5.69 Å². The molecule has 0 aliphatic carbocycles. The quantitative estimate of drug-likeness (QED) is 0.470. The lowest BCUT2D eigenvalue weighted by Gasteiger charge is -2.12. The number of benzene rings is 2. The van der Waals surface area contributed by atoms with Gasteiger partial charge >= 0.3 is 5.97 Å². The van der Waals surface area contributed by atoms with Gasteiger partial charge in [-0.05, 0) is 30.7 Å². The SMILES string of the molecule is CCCC(=O)Nc1ccc(O)c(C(=O)CC2OC(=O)c3ccccc32)c1. The van der Waals surface area contributed by atoms with E-state index >= 15 is 0 Å². The molecule has 3 rings (SSSR count). The van der Waals surface area contributed by atoms with Crippen molar-refractivity contribution in [3.63, 3.8) is 0 Å². The minimum absolute atomic E-state index is 0.0807. The van der Waals surface area contributed by atoms with Crippen molar-refractivity contribution in [1.82, 2.24) is 0 Å². The normalized spacial score (nSPS) is 15.3. The Morgan fingerprint density at radius 3 is 2.73 bits per heavy atom. The fourth-order valence-electron chi connectivity index (χ4n) is 2.94. The molecule has 1 aliphatic rings. The molecule has 1 heterocycles. The number of ketones is 1. The average molecular weight is 353 g/mol. The second-order valence-electron chi connectivity index (χ2n) is 6.14. The first-order chi connectivity index (χ1) is 12.5. The van der Waals surface area contributed by atoms with E-state index in [1.807, 2.05) is 6.92 Å². The predicted molar refractivity (Wildman–Crippen MR) is 95.2 cm³/mol. The molecule has 6 nitrogen and oxygen atoms in total. The summed E-state index contributed by atoms with van der Waals surface area (Å²) in [7, 11) is 0. The molecule has 2 N–H and O–H groups in total. The Morgan fingerprint density at radius 2 is 1.96 bits per heavy atom. The number of carbonyl (C=O) groups excluding carboxylic acids is 3.